The third-order valence-electron chi connectivity index (χ3n) is 4.04. The van der Waals surface area contributed by atoms with Crippen molar-refractivity contribution in [2.75, 3.05) is 7.11 Å². The second-order valence-corrected chi connectivity index (χ2v) is 5.04. The molecule has 3 nitrogen and oxygen atoms in total. The maximum absolute atomic E-state index is 5.77. The van der Waals surface area contributed by atoms with Crippen LogP contribution in [0.5, 0.6) is 0 Å². The number of rotatable bonds is 8. The highest BCUT2D eigenvalue weighted by Crippen LogP contribution is 2.37. The Labute approximate surface area is 100 Å². The number of methoxy groups -OCH3 is 1. The molecular weight excluding hydrogens is 200 g/mol. The van der Waals surface area contributed by atoms with Crippen molar-refractivity contribution in [3.8, 4) is 0 Å². The molecule has 3 N–H and O–H groups in total. The van der Waals surface area contributed by atoms with Gasteiger partial charge in [-0.05, 0) is 19.3 Å². The molecule has 0 aliphatic heterocycles. The first-order chi connectivity index (χ1) is 7.79. The molecule has 0 aromatic carbocycles. The molecule has 0 aromatic heterocycles. The van der Waals surface area contributed by atoms with Gasteiger partial charge in [0.25, 0.3) is 0 Å². The molecule has 1 fully saturated rings. The summed E-state index contributed by atoms with van der Waals surface area (Å²) < 4.78 is 5.77. The Bertz CT molecular complexity index is 179. The van der Waals surface area contributed by atoms with Crippen molar-refractivity contribution in [2.24, 2.45) is 5.84 Å². The molecular formula is C13H28N2O. The first kappa shape index (κ1) is 13.9. The van der Waals surface area contributed by atoms with E-state index in [4.69, 9.17) is 10.6 Å². The van der Waals surface area contributed by atoms with Crippen LogP contribution in [0.4, 0.5) is 0 Å². The van der Waals surface area contributed by atoms with Crippen molar-refractivity contribution in [2.45, 2.75) is 76.4 Å². The van der Waals surface area contributed by atoms with Gasteiger partial charge in [0.05, 0.1) is 11.6 Å². The number of ether oxygens (including phenoxy) is 1. The van der Waals surface area contributed by atoms with Gasteiger partial charge < -0.3 is 4.74 Å². The molecule has 0 spiro atoms. The van der Waals surface area contributed by atoms with Gasteiger partial charge in [0.15, 0.2) is 0 Å². The minimum atomic E-state index is 0.0148. The van der Waals surface area contributed by atoms with Crippen LogP contribution < -0.4 is 11.3 Å². The number of nitrogens with one attached hydrogen (secondary N) is 1. The van der Waals surface area contributed by atoms with Crippen LogP contribution in [-0.2, 0) is 4.74 Å². The number of nitrogens with two attached hydrogens (primary N) is 1. The van der Waals surface area contributed by atoms with Crippen LogP contribution in [-0.4, -0.2) is 18.8 Å². The lowest BCUT2D eigenvalue weighted by atomic mass is 9.88. The lowest BCUT2D eigenvalue weighted by Crippen LogP contribution is -2.53. The van der Waals surface area contributed by atoms with Gasteiger partial charge in [-0.15, -0.1) is 0 Å². The van der Waals surface area contributed by atoms with Gasteiger partial charge in [-0.1, -0.05) is 45.4 Å². The van der Waals surface area contributed by atoms with E-state index >= 15 is 0 Å². The quantitative estimate of drug-likeness (QED) is 0.381. The first-order valence-corrected chi connectivity index (χ1v) is 6.80. The fourth-order valence-electron chi connectivity index (χ4n) is 2.94. The van der Waals surface area contributed by atoms with Crippen LogP contribution in [0, 0.1) is 0 Å². The summed E-state index contributed by atoms with van der Waals surface area (Å²) >= 11 is 0. The fourth-order valence-corrected chi connectivity index (χ4v) is 2.94. The van der Waals surface area contributed by atoms with E-state index in [1.165, 1.54) is 38.5 Å². The summed E-state index contributed by atoms with van der Waals surface area (Å²) in [7, 11) is 1.84. The molecule has 16 heavy (non-hydrogen) atoms. The molecule has 3 heteroatoms. The maximum Gasteiger partial charge on any atom is 0.0844 e. The molecule has 1 saturated carbocycles. The second-order valence-electron chi connectivity index (χ2n) is 5.04. The lowest BCUT2D eigenvalue weighted by Gasteiger charge is -2.36. The van der Waals surface area contributed by atoms with Crippen LogP contribution >= 0.6 is 0 Å². The van der Waals surface area contributed by atoms with Crippen molar-refractivity contribution in [3.05, 3.63) is 0 Å². The highest BCUT2D eigenvalue weighted by molar-refractivity contribution is 4.95. The summed E-state index contributed by atoms with van der Waals surface area (Å²) in [6.07, 6.45) is 11.2. The average Bonchev–Trinajstić information content (AvgIpc) is 2.79. The Hall–Kier alpha value is -0.120. The molecule has 1 rings (SSSR count). The summed E-state index contributed by atoms with van der Waals surface area (Å²) in [5, 5.41) is 0. The van der Waals surface area contributed by atoms with E-state index in [0.29, 0.717) is 6.04 Å². The molecule has 0 amide bonds. The zero-order valence-electron chi connectivity index (χ0n) is 10.9. The summed E-state index contributed by atoms with van der Waals surface area (Å²) in [5.41, 5.74) is 3.00. The first-order valence-electron chi connectivity index (χ1n) is 6.80. The summed E-state index contributed by atoms with van der Waals surface area (Å²) in [5.74, 6) is 5.70. The minimum absolute atomic E-state index is 0.0148. The Balaban J connectivity index is 2.38. The molecule has 0 aromatic rings. The summed E-state index contributed by atoms with van der Waals surface area (Å²) in [6, 6.07) is 0.330. The largest absolute Gasteiger partial charge is 0.377 e. The molecule has 1 unspecified atom stereocenters. The van der Waals surface area contributed by atoms with Crippen LogP contribution in [0.15, 0.2) is 0 Å². The molecule has 1 atom stereocenters. The standard InChI is InChI=1S/C13H28N2O/c1-3-4-5-6-9-12(15-14)13(16-2)10-7-8-11-13/h12,15H,3-11,14H2,1-2H3. The smallest absolute Gasteiger partial charge is 0.0844 e. The van der Waals surface area contributed by atoms with Gasteiger partial charge >= 0.3 is 0 Å². The van der Waals surface area contributed by atoms with Gasteiger partial charge in [-0.2, -0.15) is 0 Å². The molecule has 96 valence electrons. The Kier molecular flexibility index (Phi) is 6.32. The zero-order chi connectivity index (χ0) is 11.9. The van der Waals surface area contributed by atoms with E-state index in [1.807, 2.05) is 7.11 Å². The lowest BCUT2D eigenvalue weighted by molar-refractivity contribution is -0.0384. The number of hydrogen-bond donors (Lipinski definition) is 2. The van der Waals surface area contributed by atoms with Gasteiger partial charge in [0, 0.05) is 7.11 Å². The van der Waals surface area contributed by atoms with E-state index < -0.39 is 0 Å². The Morgan fingerprint density at radius 1 is 1.25 bits per heavy atom. The van der Waals surface area contributed by atoms with Crippen molar-refractivity contribution in [1.29, 1.82) is 0 Å². The van der Waals surface area contributed by atoms with Crippen molar-refractivity contribution in [1.82, 2.24) is 5.43 Å². The number of unbranched alkanes of at least 4 members (excludes halogenated alkanes) is 3. The van der Waals surface area contributed by atoms with Gasteiger partial charge in [0.2, 0.25) is 0 Å². The molecule has 0 saturated heterocycles. The molecule has 0 bridgehead atoms. The normalized spacial score (nSPS) is 21.2. The van der Waals surface area contributed by atoms with E-state index in [9.17, 15) is 0 Å². The van der Waals surface area contributed by atoms with Crippen molar-refractivity contribution >= 4 is 0 Å². The van der Waals surface area contributed by atoms with Crippen LogP contribution in [0.3, 0.4) is 0 Å². The van der Waals surface area contributed by atoms with E-state index in [1.54, 1.807) is 0 Å². The van der Waals surface area contributed by atoms with Crippen LogP contribution in [0.1, 0.15) is 64.7 Å². The molecule has 0 heterocycles. The minimum Gasteiger partial charge on any atom is -0.377 e. The highest BCUT2D eigenvalue weighted by atomic mass is 16.5. The monoisotopic (exact) mass is 228 g/mol. The zero-order valence-corrected chi connectivity index (χ0v) is 10.9. The van der Waals surface area contributed by atoms with E-state index in [2.05, 4.69) is 12.3 Å². The fraction of sp³-hybridized carbons (Fsp3) is 1.00. The third-order valence-corrected chi connectivity index (χ3v) is 4.04. The van der Waals surface area contributed by atoms with Gasteiger partial charge in [-0.3, -0.25) is 11.3 Å². The van der Waals surface area contributed by atoms with E-state index in [-0.39, 0.29) is 5.60 Å². The van der Waals surface area contributed by atoms with E-state index in [0.717, 1.165) is 19.3 Å². The summed E-state index contributed by atoms with van der Waals surface area (Å²) in [6.45, 7) is 2.24. The average molecular weight is 228 g/mol. The Morgan fingerprint density at radius 2 is 1.94 bits per heavy atom. The topological polar surface area (TPSA) is 47.3 Å². The Morgan fingerprint density at radius 3 is 2.44 bits per heavy atom. The maximum atomic E-state index is 5.77. The molecule has 1 aliphatic rings. The summed E-state index contributed by atoms with van der Waals surface area (Å²) in [4.78, 5) is 0. The van der Waals surface area contributed by atoms with Crippen LogP contribution in [0.25, 0.3) is 0 Å². The molecule has 0 radical (unpaired) electrons. The predicted octanol–water partition coefficient (Wildman–Crippen LogP) is 2.75. The van der Waals surface area contributed by atoms with Gasteiger partial charge in [0.1, 0.15) is 0 Å². The predicted molar refractivity (Wildman–Crippen MR) is 68.1 cm³/mol. The number of hydrogen-bond acceptors (Lipinski definition) is 3. The second kappa shape index (κ2) is 7.25. The van der Waals surface area contributed by atoms with Crippen molar-refractivity contribution < 1.29 is 4.74 Å². The van der Waals surface area contributed by atoms with Crippen LogP contribution in [0.2, 0.25) is 0 Å². The SMILES string of the molecule is CCCCCCC(NN)C1(OC)CCCC1. The number of hydrazine groups is 1. The molecule has 1 aliphatic carbocycles. The van der Waals surface area contributed by atoms with Crippen molar-refractivity contribution in [3.63, 3.8) is 0 Å². The van der Waals surface area contributed by atoms with Gasteiger partial charge in [-0.25, -0.2) is 0 Å². The third kappa shape index (κ3) is 3.44. The highest BCUT2D eigenvalue weighted by Gasteiger charge is 2.40.